The van der Waals surface area contributed by atoms with Crippen molar-refractivity contribution in [3.63, 3.8) is 0 Å². The molecule has 0 unspecified atom stereocenters. The molecule has 0 saturated carbocycles. The molecular weight excluding hydrogens is 284 g/mol. The van der Waals surface area contributed by atoms with E-state index in [0.29, 0.717) is 17.3 Å². The van der Waals surface area contributed by atoms with E-state index in [1.165, 1.54) is 0 Å². The van der Waals surface area contributed by atoms with Crippen LogP contribution >= 0.6 is 11.6 Å². The van der Waals surface area contributed by atoms with Gasteiger partial charge in [-0.2, -0.15) is 0 Å². The van der Waals surface area contributed by atoms with Crippen molar-refractivity contribution < 1.29 is 4.79 Å². The van der Waals surface area contributed by atoms with Crippen LogP contribution in [-0.4, -0.2) is 28.9 Å². The molecule has 2 aromatic rings. The number of halogens is 1. The summed E-state index contributed by atoms with van der Waals surface area (Å²) in [6.07, 6.45) is 5.01. The third-order valence-electron chi connectivity index (χ3n) is 3.46. The van der Waals surface area contributed by atoms with E-state index < -0.39 is 0 Å². The number of carbonyl (C=O) groups excluding carboxylic acids is 1. The summed E-state index contributed by atoms with van der Waals surface area (Å²) in [5.41, 5.74) is 2.02. The predicted octanol–water partition coefficient (Wildman–Crippen LogP) is 3.80. The molecular formula is C17H15ClN2O. The van der Waals surface area contributed by atoms with Crippen LogP contribution in [0.4, 0.5) is 0 Å². The molecule has 1 aliphatic heterocycles. The average molecular weight is 299 g/mol. The van der Waals surface area contributed by atoms with Crippen LogP contribution in [0.25, 0.3) is 11.3 Å². The Morgan fingerprint density at radius 1 is 1.10 bits per heavy atom. The van der Waals surface area contributed by atoms with E-state index >= 15 is 0 Å². The summed E-state index contributed by atoms with van der Waals surface area (Å²) in [7, 11) is 0. The highest BCUT2D eigenvalue weighted by atomic mass is 35.5. The number of amides is 1. The van der Waals surface area contributed by atoms with E-state index in [-0.39, 0.29) is 5.91 Å². The van der Waals surface area contributed by atoms with Gasteiger partial charge in [0.25, 0.3) is 5.91 Å². The lowest BCUT2D eigenvalue weighted by Crippen LogP contribution is -2.34. The molecule has 0 fully saturated rings. The molecule has 106 valence electrons. The lowest BCUT2D eigenvalue weighted by molar-refractivity contribution is 0.0765. The quantitative estimate of drug-likeness (QED) is 0.790. The summed E-state index contributed by atoms with van der Waals surface area (Å²) in [4.78, 5) is 18.7. The molecule has 1 aromatic carbocycles. The number of benzene rings is 1. The van der Waals surface area contributed by atoms with Gasteiger partial charge < -0.3 is 4.90 Å². The number of aromatic nitrogens is 1. The third-order valence-corrected chi connectivity index (χ3v) is 3.79. The fourth-order valence-electron chi connectivity index (χ4n) is 2.36. The fraction of sp³-hybridized carbons (Fsp3) is 0.176. The smallest absolute Gasteiger partial charge is 0.272 e. The van der Waals surface area contributed by atoms with Crippen LogP contribution in [0.1, 0.15) is 16.9 Å². The van der Waals surface area contributed by atoms with E-state index in [2.05, 4.69) is 11.1 Å². The lowest BCUT2D eigenvalue weighted by Gasteiger charge is -2.23. The van der Waals surface area contributed by atoms with Gasteiger partial charge in [0.2, 0.25) is 0 Å². The number of carbonyl (C=O) groups is 1. The van der Waals surface area contributed by atoms with Crippen LogP contribution in [0, 0.1) is 0 Å². The maximum atomic E-state index is 12.5. The highest BCUT2D eigenvalue weighted by Gasteiger charge is 2.17. The average Bonchev–Trinajstić information content (AvgIpc) is 2.55. The van der Waals surface area contributed by atoms with Gasteiger partial charge >= 0.3 is 0 Å². The monoisotopic (exact) mass is 298 g/mol. The fourth-order valence-corrected chi connectivity index (χ4v) is 2.59. The first-order chi connectivity index (χ1) is 10.3. The van der Waals surface area contributed by atoms with Crippen LogP contribution < -0.4 is 0 Å². The Morgan fingerprint density at radius 3 is 2.71 bits per heavy atom. The van der Waals surface area contributed by atoms with Crippen molar-refractivity contribution in [2.45, 2.75) is 6.42 Å². The first-order valence-corrected chi connectivity index (χ1v) is 7.30. The Morgan fingerprint density at radius 2 is 1.95 bits per heavy atom. The second-order valence-corrected chi connectivity index (χ2v) is 5.31. The first kappa shape index (κ1) is 13.8. The summed E-state index contributed by atoms with van der Waals surface area (Å²) in [5, 5.41) is 0.635. The van der Waals surface area contributed by atoms with Crippen molar-refractivity contribution in [1.29, 1.82) is 0 Å². The number of rotatable bonds is 2. The molecule has 2 heterocycles. The molecule has 1 amide bonds. The second-order valence-electron chi connectivity index (χ2n) is 4.90. The zero-order chi connectivity index (χ0) is 14.7. The van der Waals surface area contributed by atoms with Crippen molar-refractivity contribution in [3.05, 3.63) is 65.3 Å². The topological polar surface area (TPSA) is 33.2 Å². The molecule has 1 aromatic heterocycles. The van der Waals surface area contributed by atoms with Crippen LogP contribution in [0.5, 0.6) is 0 Å². The molecule has 1 aliphatic rings. The van der Waals surface area contributed by atoms with Gasteiger partial charge in [-0.05, 0) is 24.6 Å². The highest BCUT2D eigenvalue weighted by Crippen LogP contribution is 2.26. The molecule has 3 rings (SSSR count). The standard InChI is InChI=1S/C17H15ClN2O/c18-14-8-3-2-7-13(14)15-9-6-10-16(19-15)17(21)20-11-4-1-5-12-20/h1-4,6-10H,5,11-12H2. The summed E-state index contributed by atoms with van der Waals surface area (Å²) in [6, 6.07) is 13.0. The molecule has 0 saturated heterocycles. The molecule has 4 heteroatoms. The molecule has 0 bridgehead atoms. The maximum Gasteiger partial charge on any atom is 0.272 e. The number of hydrogen-bond acceptors (Lipinski definition) is 2. The highest BCUT2D eigenvalue weighted by molar-refractivity contribution is 6.33. The van der Waals surface area contributed by atoms with Gasteiger partial charge in [-0.25, -0.2) is 4.98 Å². The molecule has 0 aliphatic carbocycles. The van der Waals surface area contributed by atoms with E-state index in [0.717, 1.165) is 24.2 Å². The van der Waals surface area contributed by atoms with Gasteiger partial charge in [-0.1, -0.05) is 48.0 Å². The van der Waals surface area contributed by atoms with Gasteiger partial charge in [0.05, 0.1) is 5.69 Å². The Balaban J connectivity index is 1.91. The predicted molar refractivity (Wildman–Crippen MR) is 84.3 cm³/mol. The van der Waals surface area contributed by atoms with Crippen LogP contribution in [0.15, 0.2) is 54.6 Å². The third kappa shape index (κ3) is 2.98. The minimum atomic E-state index is -0.0340. The van der Waals surface area contributed by atoms with E-state index in [9.17, 15) is 4.79 Å². The molecule has 0 atom stereocenters. The first-order valence-electron chi connectivity index (χ1n) is 6.92. The largest absolute Gasteiger partial charge is 0.333 e. The van der Waals surface area contributed by atoms with Gasteiger partial charge in [0.15, 0.2) is 0 Å². The zero-order valence-electron chi connectivity index (χ0n) is 11.5. The van der Waals surface area contributed by atoms with E-state index in [1.807, 2.05) is 42.5 Å². The van der Waals surface area contributed by atoms with Crippen molar-refractivity contribution in [3.8, 4) is 11.3 Å². The van der Waals surface area contributed by atoms with Crippen LogP contribution in [0.3, 0.4) is 0 Å². The van der Waals surface area contributed by atoms with Crippen molar-refractivity contribution in [2.75, 3.05) is 13.1 Å². The van der Waals surface area contributed by atoms with Gasteiger partial charge in [0.1, 0.15) is 5.69 Å². The molecule has 21 heavy (non-hydrogen) atoms. The Hall–Kier alpha value is -2.13. The molecule has 0 radical (unpaired) electrons. The van der Waals surface area contributed by atoms with Crippen molar-refractivity contribution in [1.82, 2.24) is 9.88 Å². The molecule has 0 N–H and O–H groups in total. The van der Waals surface area contributed by atoms with Crippen molar-refractivity contribution in [2.24, 2.45) is 0 Å². The maximum absolute atomic E-state index is 12.5. The summed E-state index contributed by atoms with van der Waals surface area (Å²) in [5.74, 6) is -0.0340. The Labute approximate surface area is 128 Å². The minimum absolute atomic E-state index is 0.0340. The Kier molecular flexibility index (Phi) is 4.02. The zero-order valence-corrected chi connectivity index (χ0v) is 12.3. The lowest BCUT2D eigenvalue weighted by atomic mass is 10.1. The SMILES string of the molecule is O=C(c1cccc(-c2ccccc2Cl)n1)N1CC=CCC1. The van der Waals surface area contributed by atoms with Crippen LogP contribution in [-0.2, 0) is 0 Å². The normalized spacial score (nSPS) is 14.2. The Bertz CT molecular complexity index is 697. The summed E-state index contributed by atoms with van der Waals surface area (Å²) in [6.45, 7) is 1.39. The number of hydrogen-bond donors (Lipinski definition) is 0. The van der Waals surface area contributed by atoms with Gasteiger partial charge in [-0.3, -0.25) is 4.79 Å². The van der Waals surface area contributed by atoms with Gasteiger partial charge in [0, 0.05) is 23.7 Å². The summed E-state index contributed by atoms with van der Waals surface area (Å²) >= 11 is 6.19. The second kappa shape index (κ2) is 6.10. The number of pyridine rings is 1. The molecule has 3 nitrogen and oxygen atoms in total. The number of nitrogens with zero attached hydrogens (tertiary/aromatic N) is 2. The van der Waals surface area contributed by atoms with Crippen LogP contribution in [0.2, 0.25) is 5.02 Å². The van der Waals surface area contributed by atoms with Gasteiger partial charge in [-0.15, -0.1) is 0 Å². The summed E-state index contributed by atoms with van der Waals surface area (Å²) < 4.78 is 0. The van der Waals surface area contributed by atoms with Crippen molar-refractivity contribution >= 4 is 17.5 Å². The molecule has 0 spiro atoms. The van der Waals surface area contributed by atoms with E-state index in [1.54, 1.807) is 11.0 Å². The minimum Gasteiger partial charge on any atom is -0.333 e. The van der Waals surface area contributed by atoms with E-state index in [4.69, 9.17) is 11.6 Å².